The Morgan fingerprint density at radius 1 is 1.24 bits per heavy atom. The number of hydrogen-bond donors (Lipinski definition) is 1. The van der Waals surface area contributed by atoms with Gasteiger partial charge in [-0.3, -0.25) is 0 Å². The lowest BCUT2D eigenvalue weighted by molar-refractivity contribution is 0.590. The summed E-state index contributed by atoms with van der Waals surface area (Å²) in [5.74, 6) is 0.510. The van der Waals surface area contributed by atoms with Crippen LogP contribution in [-0.4, -0.2) is 26.5 Å². The quantitative estimate of drug-likeness (QED) is 0.785. The standard InChI is InChI=1S/C12H18BrNO2S/c1-2-17(15,16)9-3-8-14-10-11-4-6-12(13)7-5-11/h4-7,14H,2-3,8-10H2,1H3. The summed E-state index contributed by atoms with van der Waals surface area (Å²) < 4.78 is 23.5. The SMILES string of the molecule is CCS(=O)(=O)CCCNCc1ccc(Br)cc1. The molecule has 1 aromatic carbocycles. The predicted octanol–water partition coefficient (Wildman–Crippen LogP) is 2.36. The molecule has 0 fully saturated rings. The lowest BCUT2D eigenvalue weighted by Gasteiger charge is -2.05. The number of nitrogens with one attached hydrogen (secondary N) is 1. The Labute approximate surface area is 112 Å². The van der Waals surface area contributed by atoms with Crippen molar-refractivity contribution in [2.24, 2.45) is 0 Å². The Morgan fingerprint density at radius 2 is 1.88 bits per heavy atom. The van der Waals surface area contributed by atoms with E-state index in [1.807, 2.05) is 24.3 Å². The summed E-state index contributed by atoms with van der Waals surface area (Å²) in [5.41, 5.74) is 1.20. The van der Waals surface area contributed by atoms with Gasteiger partial charge in [-0.1, -0.05) is 35.0 Å². The Hall–Kier alpha value is -0.390. The van der Waals surface area contributed by atoms with Crippen molar-refractivity contribution in [3.05, 3.63) is 34.3 Å². The molecule has 1 N–H and O–H groups in total. The molecule has 0 aliphatic heterocycles. The molecule has 0 spiro atoms. The van der Waals surface area contributed by atoms with Gasteiger partial charge in [0.1, 0.15) is 9.84 Å². The van der Waals surface area contributed by atoms with E-state index in [0.717, 1.165) is 17.6 Å². The fourth-order valence-electron chi connectivity index (χ4n) is 1.40. The molecule has 0 radical (unpaired) electrons. The average molecular weight is 320 g/mol. The van der Waals surface area contributed by atoms with Crippen LogP contribution in [0.15, 0.2) is 28.7 Å². The predicted molar refractivity (Wildman–Crippen MR) is 74.8 cm³/mol. The van der Waals surface area contributed by atoms with Crippen molar-refractivity contribution < 1.29 is 8.42 Å². The molecule has 96 valence electrons. The summed E-state index contributed by atoms with van der Waals surface area (Å²) in [6.07, 6.45) is 0.673. The lowest BCUT2D eigenvalue weighted by Crippen LogP contribution is -2.18. The molecule has 1 rings (SSSR count). The van der Waals surface area contributed by atoms with Gasteiger partial charge in [-0.15, -0.1) is 0 Å². The molecule has 0 unspecified atom stereocenters. The zero-order chi connectivity index (χ0) is 12.7. The zero-order valence-corrected chi connectivity index (χ0v) is 12.4. The minimum Gasteiger partial charge on any atom is -0.313 e. The second kappa shape index (κ2) is 7.13. The van der Waals surface area contributed by atoms with E-state index >= 15 is 0 Å². The highest BCUT2D eigenvalue weighted by Crippen LogP contribution is 2.10. The van der Waals surface area contributed by atoms with Crippen LogP contribution in [0.25, 0.3) is 0 Å². The van der Waals surface area contributed by atoms with Gasteiger partial charge in [0, 0.05) is 16.8 Å². The molecule has 0 amide bonds. The maximum Gasteiger partial charge on any atom is 0.150 e. The number of benzene rings is 1. The van der Waals surface area contributed by atoms with Crippen LogP contribution in [0.3, 0.4) is 0 Å². The molecule has 17 heavy (non-hydrogen) atoms. The molecule has 3 nitrogen and oxygen atoms in total. The summed E-state index contributed by atoms with van der Waals surface area (Å²) in [7, 11) is -2.82. The van der Waals surface area contributed by atoms with Crippen LogP contribution in [0.4, 0.5) is 0 Å². The van der Waals surface area contributed by atoms with Gasteiger partial charge in [0.25, 0.3) is 0 Å². The van der Waals surface area contributed by atoms with Gasteiger partial charge in [0.2, 0.25) is 0 Å². The summed E-state index contributed by atoms with van der Waals surface area (Å²) >= 11 is 3.38. The molecular weight excluding hydrogens is 302 g/mol. The van der Waals surface area contributed by atoms with Crippen LogP contribution in [0.1, 0.15) is 18.9 Å². The first-order chi connectivity index (χ1) is 8.03. The van der Waals surface area contributed by atoms with Crippen molar-refractivity contribution in [3.63, 3.8) is 0 Å². The summed E-state index contributed by atoms with van der Waals surface area (Å²) in [4.78, 5) is 0. The van der Waals surface area contributed by atoms with Crippen molar-refractivity contribution >= 4 is 25.8 Å². The first-order valence-electron chi connectivity index (χ1n) is 5.69. The van der Waals surface area contributed by atoms with E-state index < -0.39 is 9.84 Å². The van der Waals surface area contributed by atoms with E-state index in [1.165, 1.54) is 5.56 Å². The average Bonchev–Trinajstić information content (AvgIpc) is 2.31. The highest BCUT2D eigenvalue weighted by molar-refractivity contribution is 9.10. The third-order valence-corrected chi connectivity index (χ3v) is 4.81. The largest absolute Gasteiger partial charge is 0.313 e. The van der Waals surface area contributed by atoms with Gasteiger partial charge in [-0.25, -0.2) is 8.42 Å². The van der Waals surface area contributed by atoms with Crippen LogP contribution >= 0.6 is 15.9 Å². The van der Waals surface area contributed by atoms with Crippen LogP contribution < -0.4 is 5.32 Å². The van der Waals surface area contributed by atoms with Crippen molar-refractivity contribution in [3.8, 4) is 0 Å². The Morgan fingerprint density at radius 3 is 2.47 bits per heavy atom. The fraction of sp³-hybridized carbons (Fsp3) is 0.500. The van der Waals surface area contributed by atoms with Crippen molar-refractivity contribution in [2.45, 2.75) is 19.9 Å². The van der Waals surface area contributed by atoms with E-state index in [4.69, 9.17) is 0 Å². The third kappa shape index (κ3) is 6.19. The van der Waals surface area contributed by atoms with Gasteiger partial charge in [-0.2, -0.15) is 0 Å². The molecule has 0 aromatic heterocycles. The number of rotatable bonds is 7. The zero-order valence-electron chi connectivity index (χ0n) is 9.95. The summed E-state index contributed by atoms with van der Waals surface area (Å²) in [6.45, 7) is 3.19. The first kappa shape index (κ1) is 14.7. The summed E-state index contributed by atoms with van der Waals surface area (Å²) in [5, 5.41) is 3.24. The van der Waals surface area contributed by atoms with Crippen molar-refractivity contribution in [1.29, 1.82) is 0 Å². The molecule has 0 bridgehead atoms. The third-order valence-electron chi connectivity index (χ3n) is 2.49. The van der Waals surface area contributed by atoms with Gasteiger partial charge in [0.15, 0.2) is 0 Å². The minimum atomic E-state index is -2.82. The van der Waals surface area contributed by atoms with Crippen LogP contribution in [0.2, 0.25) is 0 Å². The van der Waals surface area contributed by atoms with E-state index in [2.05, 4.69) is 21.2 Å². The van der Waals surface area contributed by atoms with E-state index in [9.17, 15) is 8.42 Å². The van der Waals surface area contributed by atoms with Gasteiger partial charge < -0.3 is 5.32 Å². The highest BCUT2D eigenvalue weighted by Gasteiger charge is 2.05. The van der Waals surface area contributed by atoms with E-state index in [-0.39, 0.29) is 11.5 Å². The number of halogens is 1. The molecule has 0 aliphatic carbocycles. The molecule has 0 saturated carbocycles. The monoisotopic (exact) mass is 319 g/mol. The molecule has 0 aliphatic rings. The molecule has 0 heterocycles. The molecule has 5 heteroatoms. The second-order valence-corrected chi connectivity index (χ2v) is 7.28. The smallest absolute Gasteiger partial charge is 0.150 e. The fourth-order valence-corrected chi connectivity index (χ4v) is 2.53. The van der Waals surface area contributed by atoms with Crippen LogP contribution in [0.5, 0.6) is 0 Å². The minimum absolute atomic E-state index is 0.236. The normalized spacial score (nSPS) is 11.6. The topological polar surface area (TPSA) is 46.2 Å². The maximum absolute atomic E-state index is 11.2. The summed E-state index contributed by atoms with van der Waals surface area (Å²) in [6, 6.07) is 8.08. The number of sulfone groups is 1. The van der Waals surface area contributed by atoms with E-state index in [1.54, 1.807) is 6.92 Å². The molecule has 0 atom stereocenters. The number of hydrogen-bond acceptors (Lipinski definition) is 3. The van der Waals surface area contributed by atoms with Crippen LogP contribution in [-0.2, 0) is 16.4 Å². The van der Waals surface area contributed by atoms with E-state index in [0.29, 0.717) is 6.42 Å². The van der Waals surface area contributed by atoms with Crippen molar-refractivity contribution in [2.75, 3.05) is 18.1 Å². The van der Waals surface area contributed by atoms with Crippen LogP contribution in [0, 0.1) is 0 Å². The second-order valence-electron chi connectivity index (χ2n) is 3.89. The van der Waals surface area contributed by atoms with Gasteiger partial charge >= 0.3 is 0 Å². The Kier molecular flexibility index (Phi) is 6.16. The van der Waals surface area contributed by atoms with Gasteiger partial charge in [0.05, 0.1) is 5.75 Å². The Bertz CT molecular complexity index is 428. The Balaban J connectivity index is 2.19. The first-order valence-corrected chi connectivity index (χ1v) is 8.30. The lowest BCUT2D eigenvalue weighted by atomic mass is 10.2. The van der Waals surface area contributed by atoms with Gasteiger partial charge in [-0.05, 0) is 30.7 Å². The van der Waals surface area contributed by atoms with Crippen molar-refractivity contribution in [1.82, 2.24) is 5.32 Å². The highest BCUT2D eigenvalue weighted by atomic mass is 79.9. The molecular formula is C12H18BrNO2S. The molecule has 0 saturated heterocycles. The molecule has 1 aromatic rings. The maximum atomic E-state index is 11.2.